The van der Waals surface area contributed by atoms with Crippen LogP contribution in [0.1, 0.15) is 35.7 Å². The number of hydrogen-bond acceptors (Lipinski definition) is 4. The van der Waals surface area contributed by atoms with Gasteiger partial charge in [0.25, 0.3) is 0 Å². The van der Waals surface area contributed by atoms with E-state index in [9.17, 15) is 4.39 Å². The molecule has 0 amide bonds. The lowest BCUT2D eigenvalue weighted by molar-refractivity contribution is 0.625. The summed E-state index contributed by atoms with van der Waals surface area (Å²) in [7, 11) is 0. The van der Waals surface area contributed by atoms with Gasteiger partial charge in [-0.2, -0.15) is 0 Å². The lowest BCUT2D eigenvalue weighted by Gasteiger charge is -2.09. The molecular weight excluding hydrogens is 267 g/mol. The van der Waals surface area contributed by atoms with Crippen LogP contribution in [0.15, 0.2) is 24.3 Å². The summed E-state index contributed by atoms with van der Waals surface area (Å²) in [5, 5.41) is 3.27. The van der Waals surface area contributed by atoms with Crippen LogP contribution in [-0.2, 0) is 6.42 Å². The lowest BCUT2D eigenvalue weighted by atomic mass is 10.1. The summed E-state index contributed by atoms with van der Waals surface area (Å²) in [6.45, 7) is 2.65. The Morgan fingerprint density at radius 1 is 1.29 bits per heavy atom. The third-order valence-corrected chi connectivity index (χ3v) is 3.71. The molecule has 0 atom stereocenters. The lowest BCUT2D eigenvalue weighted by Crippen LogP contribution is -2.09. The molecule has 2 aromatic rings. The first-order valence-corrected chi connectivity index (χ1v) is 7.25. The fourth-order valence-electron chi connectivity index (χ4n) is 2.37. The van der Waals surface area contributed by atoms with Crippen molar-refractivity contribution in [1.29, 1.82) is 0 Å². The number of hydrogen-bond donors (Lipinski definition) is 2. The fourth-order valence-corrected chi connectivity index (χ4v) is 2.37. The first-order valence-electron chi connectivity index (χ1n) is 7.25. The normalized spacial score (nSPS) is 14.2. The zero-order valence-corrected chi connectivity index (χ0v) is 12.1. The van der Waals surface area contributed by atoms with Crippen LogP contribution in [0.2, 0.25) is 0 Å². The largest absolute Gasteiger partial charge is 0.384 e. The van der Waals surface area contributed by atoms with Gasteiger partial charge in [0.2, 0.25) is 0 Å². The number of halogens is 1. The minimum Gasteiger partial charge on any atom is -0.384 e. The maximum atomic E-state index is 13.1. The summed E-state index contributed by atoms with van der Waals surface area (Å²) < 4.78 is 13.1. The zero-order chi connectivity index (χ0) is 14.8. The van der Waals surface area contributed by atoms with Crippen molar-refractivity contribution in [3.8, 4) is 0 Å². The molecule has 21 heavy (non-hydrogen) atoms. The van der Waals surface area contributed by atoms with Crippen LogP contribution in [0, 0.1) is 12.7 Å². The zero-order valence-electron chi connectivity index (χ0n) is 12.1. The van der Waals surface area contributed by atoms with Crippen LogP contribution < -0.4 is 11.1 Å². The highest BCUT2D eigenvalue weighted by Crippen LogP contribution is 2.38. The third-order valence-electron chi connectivity index (χ3n) is 3.71. The number of nitrogens with one attached hydrogen (secondary N) is 1. The van der Waals surface area contributed by atoms with E-state index in [2.05, 4.69) is 15.3 Å². The third kappa shape index (κ3) is 3.48. The molecule has 0 unspecified atom stereocenters. The number of nitrogens with zero attached hydrogens (tertiary/aromatic N) is 2. The molecule has 3 N–H and O–H groups in total. The van der Waals surface area contributed by atoms with E-state index in [1.54, 1.807) is 12.1 Å². The first kappa shape index (κ1) is 13.8. The van der Waals surface area contributed by atoms with Gasteiger partial charge in [-0.15, -0.1) is 0 Å². The minimum absolute atomic E-state index is 0.193. The molecule has 0 spiro atoms. The van der Waals surface area contributed by atoms with E-state index in [0.717, 1.165) is 48.6 Å². The predicted octanol–water partition coefficient (Wildman–Crippen LogP) is 3.04. The molecule has 1 aromatic heterocycles. The minimum atomic E-state index is -0.193. The van der Waals surface area contributed by atoms with Gasteiger partial charge in [-0.05, 0) is 49.4 Å². The van der Waals surface area contributed by atoms with Crippen molar-refractivity contribution >= 4 is 11.6 Å². The molecule has 110 valence electrons. The van der Waals surface area contributed by atoms with Gasteiger partial charge in [0, 0.05) is 18.5 Å². The molecule has 4 nitrogen and oxygen atoms in total. The standard InChI is InChI=1S/C16H19FN4/c1-10-8-13(17)5-4-11(10)6-7-19-15-9-14(18)20-16(21-15)12-2-3-12/h4-5,8-9,12H,2-3,6-7H2,1H3,(H3,18,19,20,21). The maximum absolute atomic E-state index is 13.1. The number of nitrogen functional groups attached to an aromatic ring is 1. The van der Waals surface area contributed by atoms with E-state index in [1.165, 1.54) is 6.07 Å². The van der Waals surface area contributed by atoms with E-state index in [1.807, 2.05) is 13.0 Å². The van der Waals surface area contributed by atoms with Gasteiger partial charge < -0.3 is 11.1 Å². The van der Waals surface area contributed by atoms with Crippen LogP contribution in [0.4, 0.5) is 16.0 Å². The van der Waals surface area contributed by atoms with Crippen LogP contribution in [0.25, 0.3) is 0 Å². The number of nitrogens with two attached hydrogens (primary N) is 1. The molecule has 1 aromatic carbocycles. The molecule has 1 aliphatic carbocycles. The van der Waals surface area contributed by atoms with Gasteiger partial charge in [-0.3, -0.25) is 0 Å². The van der Waals surface area contributed by atoms with Gasteiger partial charge in [0.1, 0.15) is 23.3 Å². The van der Waals surface area contributed by atoms with Crippen molar-refractivity contribution in [3.05, 3.63) is 47.0 Å². The van der Waals surface area contributed by atoms with E-state index >= 15 is 0 Å². The Labute approximate surface area is 123 Å². The van der Waals surface area contributed by atoms with Gasteiger partial charge in [-0.1, -0.05) is 6.07 Å². The second kappa shape index (κ2) is 5.68. The van der Waals surface area contributed by atoms with Gasteiger partial charge in [0.15, 0.2) is 0 Å². The van der Waals surface area contributed by atoms with Crippen LogP contribution in [-0.4, -0.2) is 16.5 Å². The average Bonchev–Trinajstić information content (AvgIpc) is 3.25. The summed E-state index contributed by atoms with van der Waals surface area (Å²) in [5.74, 6) is 2.40. The topological polar surface area (TPSA) is 63.8 Å². The van der Waals surface area contributed by atoms with Crippen molar-refractivity contribution in [2.24, 2.45) is 0 Å². The van der Waals surface area contributed by atoms with Crippen molar-refractivity contribution in [2.75, 3.05) is 17.6 Å². The number of aromatic nitrogens is 2. The van der Waals surface area contributed by atoms with Gasteiger partial charge >= 0.3 is 0 Å². The molecule has 0 bridgehead atoms. The summed E-state index contributed by atoms with van der Waals surface area (Å²) in [6.07, 6.45) is 3.12. The second-order valence-electron chi connectivity index (χ2n) is 5.56. The van der Waals surface area contributed by atoms with Crippen molar-refractivity contribution < 1.29 is 4.39 Å². The maximum Gasteiger partial charge on any atom is 0.136 e. The molecule has 1 heterocycles. The van der Waals surface area contributed by atoms with E-state index in [-0.39, 0.29) is 5.82 Å². The molecular formula is C16H19FN4. The molecule has 3 rings (SSSR count). The number of aryl methyl sites for hydroxylation is 1. The molecule has 5 heteroatoms. The van der Waals surface area contributed by atoms with Crippen molar-refractivity contribution in [1.82, 2.24) is 9.97 Å². The molecule has 0 saturated heterocycles. The number of rotatable bonds is 5. The average molecular weight is 286 g/mol. The highest BCUT2D eigenvalue weighted by Gasteiger charge is 2.27. The summed E-state index contributed by atoms with van der Waals surface area (Å²) in [6, 6.07) is 6.64. The first-order chi connectivity index (χ1) is 10.1. The molecule has 0 radical (unpaired) electrons. The number of benzene rings is 1. The van der Waals surface area contributed by atoms with Gasteiger partial charge in [-0.25, -0.2) is 14.4 Å². The van der Waals surface area contributed by atoms with E-state index in [4.69, 9.17) is 5.73 Å². The van der Waals surface area contributed by atoms with Crippen LogP contribution in [0.3, 0.4) is 0 Å². The SMILES string of the molecule is Cc1cc(F)ccc1CCNc1cc(N)nc(C2CC2)n1. The van der Waals surface area contributed by atoms with Crippen LogP contribution >= 0.6 is 0 Å². The summed E-state index contributed by atoms with van der Waals surface area (Å²) >= 11 is 0. The molecule has 1 fully saturated rings. The second-order valence-corrected chi connectivity index (χ2v) is 5.56. The van der Waals surface area contributed by atoms with Crippen molar-refractivity contribution in [2.45, 2.75) is 32.1 Å². The fraction of sp³-hybridized carbons (Fsp3) is 0.375. The highest BCUT2D eigenvalue weighted by atomic mass is 19.1. The summed E-state index contributed by atoms with van der Waals surface area (Å²) in [4.78, 5) is 8.77. The monoisotopic (exact) mass is 286 g/mol. The number of anilines is 2. The molecule has 1 aliphatic rings. The Hall–Kier alpha value is -2.17. The van der Waals surface area contributed by atoms with E-state index in [0.29, 0.717) is 11.7 Å². The van der Waals surface area contributed by atoms with E-state index < -0.39 is 0 Å². The summed E-state index contributed by atoms with van der Waals surface area (Å²) in [5.41, 5.74) is 7.92. The quantitative estimate of drug-likeness (QED) is 0.886. The Bertz CT molecular complexity index is 653. The van der Waals surface area contributed by atoms with Crippen molar-refractivity contribution in [3.63, 3.8) is 0 Å². The molecule has 0 aliphatic heterocycles. The Kier molecular flexibility index (Phi) is 3.73. The highest BCUT2D eigenvalue weighted by molar-refractivity contribution is 5.45. The van der Waals surface area contributed by atoms with Crippen LogP contribution in [0.5, 0.6) is 0 Å². The smallest absolute Gasteiger partial charge is 0.136 e. The van der Waals surface area contributed by atoms with Gasteiger partial charge in [0.05, 0.1) is 0 Å². The Morgan fingerprint density at radius 2 is 2.10 bits per heavy atom. The Balaban J connectivity index is 1.62. The molecule has 1 saturated carbocycles. The predicted molar refractivity (Wildman–Crippen MR) is 81.8 cm³/mol. The Morgan fingerprint density at radius 3 is 2.81 bits per heavy atom.